The van der Waals surface area contributed by atoms with Crippen LogP contribution in [0.1, 0.15) is 0 Å². The third-order valence-corrected chi connectivity index (χ3v) is 7.56. The lowest BCUT2D eigenvalue weighted by atomic mass is 9.99. The second-order valence-corrected chi connectivity index (χ2v) is 10.1. The van der Waals surface area contributed by atoms with E-state index in [1.54, 1.807) is 0 Å². The second kappa shape index (κ2) is 9.07. The lowest BCUT2D eigenvalue weighted by Gasteiger charge is -2.11. The maximum Gasteiger partial charge on any atom is 0.160 e. The van der Waals surface area contributed by atoms with Crippen molar-refractivity contribution in [3.8, 4) is 33.9 Å². The number of fused-ring (bicyclic) bond motifs is 4. The Bertz CT molecular complexity index is 2140. The van der Waals surface area contributed by atoms with Gasteiger partial charge in [0.25, 0.3) is 0 Å². The van der Waals surface area contributed by atoms with E-state index in [2.05, 4.69) is 107 Å². The van der Waals surface area contributed by atoms with Crippen LogP contribution in [0.5, 0.6) is 0 Å². The first-order valence-corrected chi connectivity index (χ1v) is 13.3. The van der Waals surface area contributed by atoms with Gasteiger partial charge in [0, 0.05) is 52.3 Å². The molecule has 0 unspecified atom stereocenters. The van der Waals surface area contributed by atoms with Crippen LogP contribution in [0.2, 0.25) is 0 Å². The van der Waals surface area contributed by atoms with E-state index in [1.165, 1.54) is 21.5 Å². The van der Waals surface area contributed by atoms with Crippen molar-refractivity contribution in [1.29, 1.82) is 0 Å². The van der Waals surface area contributed by atoms with Crippen LogP contribution in [-0.2, 0) is 0 Å². The van der Waals surface area contributed by atoms with Crippen LogP contribution < -0.4 is 0 Å². The molecular formula is C36H22N4. The SMILES string of the molecule is c1ccc2cc3cc(-c4cc(-c5ccc6cnccc6c5)nc(-c5ccc6cnccc6c5)n4)ccc3cc2c1. The van der Waals surface area contributed by atoms with Gasteiger partial charge in [0.1, 0.15) is 0 Å². The summed E-state index contributed by atoms with van der Waals surface area (Å²) in [5.41, 5.74) is 4.84. The highest BCUT2D eigenvalue weighted by Gasteiger charge is 2.13. The predicted molar refractivity (Wildman–Crippen MR) is 164 cm³/mol. The molecule has 8 rings (SSSR count). The van der Waals surface area contributed by atoms with Crippen LogP contribution in [0.15, 0.2) is 134 Å². The Hall–Kier alpha value is -5.48. The van der Waals surface area contributed by atoms with Crippen LogP contribution in [-0.4, -0.2) is 19.9 Å². The Morgan fingerprint density at radius 1 is 0.350 bits per heavy atom. The number of nitrogens with zero attached hydrogens (tertiary/aromatic N) is 4. The molecule has 3 heterocycles. The number of pyridine rings is 2. The van der Waals surface area contributed by atoms with Gasteiger partial charge >= 0.3 is 0 Å². The quantitative estimate of drug-likeness (QED) is 0.223. The summed E-state index contributed by atoms with van der Waals surface area (Å²) in [7, 11) is 0. The molecule has 0 fully saturated rings. The molecule has 5 aromatic carbocycles. The Labute approximate surface area is 230 Å². The third-order valence-electron chi connectivity index (χ3n) is 7.56. The average molecular weight is 511 g/mol. The number of benzene rings is 5. The van der Waals surface area contributed by atoms with E-state index in [0.717, 1.165) is 49.6 Å². The summed E-state index contributed by atoms with van der Waals surface area (Å²) in [6.07, 6.45) is 7.41. The molecule has 0 aliphatic heterocycles. The van der Waals surface area contributed by atoms with Crippen LogP contribution in [0.3, 0.4) is 0 Å². The van der Waals surface area contributed by atoms with Gasteiger partial charge in [-0.25, -0.2) is 9.97 Å². The van der Waals surface area contributed by atoms with Gasteiger partial charge in [0.15, 0.2) is 5.82 Å². The molecule has 0 amide bonds. The molecule has 186 valence electrons. The Morgan fingerprint density at radius 2 is 0.825 bits per heavy atom. The zero-order valence-corrected chi connectivity index (χ0v) is 21.5. The molecule has 0 saturated carbocycles. The summed E-state index contributed by atoms with van der Waals surface area (Å²) in [5.74, 6) is 0.694. The molecule has 4 heteroatoms. The third kappa shape index (κ3) is 3.94. The minimum Gasteiger partial charge on any atom is -0.264 e. The summed E-state index contributed by atoms with van der Waals surface area (Å²) in [5, 5.41) is 9.31. The molecule has 0 N–H and O–H groups in total. The molecule has 0 atom stereocenters. The van der Waals surface area contributed by atoms with Gasteiger partial charge in [0.2, 0.25) is 0 Å². The number of rotatable bonds is 3. The molecule has 0 aliphatic carbocycles. The molecule has 0 radical (unpaired) electrons. The zero-order valence-electron chi connectivity index (χ0n) is 21.5. The van der Waals surface area contributed by atoms with E-state index in [-0.39, 0.29) is 0 Å². The number of hydrogen-bond donors (Lipinski definition) is 0. The van der Waals surface area contributed by atoms with E-state index in [1.807, 2.05) is 36.9 Å². The number of hydrogen-bond acceptors (Lipinski definition) is 4. The fraction of sp³-hybridized carbons (Fsp3) is 0. The van der Waals surface area contributed by atoms with Crippen molar-refractivity contribution < 1.29 is 0 Å². The van der Waals surface area contributed by atoms with E-state index in [9.17, 15) is 0 Å². The molecule has 4 nitrogen and oxygen atoms in total. The van der Waals surface area contributed by atoms with Gasteiger partial charge in [-0.1, -0.05) is 60.7 Å². The topological polar surface area (TPSA) is 51.6 Å². The highest BCUT2D eigenvalue weighted by atomic mass is 14.9. The Morgan fingerprint density at radius 3 is 1.48 bits per heavy atom. The molecule has 40 heavy (non-hydrogen) atoms. The number of aromatic nitrogens is 4. The second-order valence-electron chi connectivity index (χ2n) is 10.1. The van der Waals surface area contributed by atoms with Crippen molar-refractivity contribution in [2.24, 2.45) is 0 Å². The standard InChI is InChI=1S/C36H22N4/c1-2-4-24-18-33-19-29(6-5-25(33)15-23(24)3-1)35-20-34(28-7-9-31-21-37-13-11-26(31)16-28)39-36(40-35)30-8-10-32-22-38-14-12-27(32)17-30/h1-22H. The van der Waals surface area contributed by atoms with Crippen molar-refractivity contribution >= 4 is 43.1 Å². The normalized spacial score (nSPS) is 11.5. The van der Waals surface area contributed by atoms with Crippen LogP contribution in [0.25, 0.3) is 77.0 Å². The highest BCUT2D eigenvalue weighted by molar-refractivity contribution is 5.99. The maximum atomic E-state index is 5.10. The highest BCUT2D eigenvalue weighted by Crippen LogP contribution is 2.32. The first-order valence-electron chi connectivity index (χ1n) is 13.3. The fourth-order valence-corrected chi connectivity index (χ4v) is 5.44. The van der Waals surface area contributed by atoms with Crippen molar-refractivity contribution in [2.75, 3.05) is 0 Å². The molecule has 3 aromatic heterocycles. The van der Waals surface area contributed by atoms with Crippen molar-refractivity contribution in [2.45, 2.75) is 0 Å². The van der Waals surface area contributed by atoms with Gasteiger partial charge in [-0.2, -0.15) is 0 Å². The summed E-state index contributed by atoms with van der Waals surface area (Å²) in [6, 6.07) is 38.4. The van der Waals surface area contributed by atoms with E-state index >= 15 is 0 Å². The summed E-state index contributed by atoms with van der Waals surface area (Å²) in [4.78, 5) is 18.7. The largest absolute Gasteiger partial charge is 0.264 e. The maximum absolute atomic E-state index is 5.10. The zero-order chi connectivity index (χ0) is 26.5. The van der Waals surface area contributed by atoms with Gasteiger partial charge in [0.05, 0.1) is 11.4 Å². The van der Waals surface area contributed by atoms with E-state index < -0.39 is 0 Å². The van der Waals surface area contributed by atoms with Gasteiger partial charge in [-0.3, -0.25) is 9.97 Å². The minimum atomic E-state index is 0.694. The average Bonchev–Trinajstić information content (AvgIpc) is 3.02. The van der Waals surface area contributed by atoms with Crippen LogP contribution >= 0.6 is 0 Å². The Balaban J connectivity index is 1.33. The predicted octanol–water partition coefficient (Wildman–Crippen LogP) is 8.88. The monoisotopic (exact) mass is 510 g/mol. The van der Waals surface area contributed by atoms with E-state index in [0.29, 0.717) is 5.82 Å². The molecule has 0 bridgehead atoms. The molecule has 0 spiro atoms. The fourth-order valence-electron chi connectivity index (χ4n) is 5.44. The summed E-state index contributed by atoms with van der Waals surface area (Å²) >= 11 is 0. The van der Waals surface area contributed by atoms with Gasteiger partial charge < -0.3 is 0 Å². The Kier molecular flexibility index (Phi) is 5.10. The summed E-state index contributed by atoms with van der Waals surface area (Å²) in [6.45, 7) is 0. The van der Waals surface area contributed by atoms with Crippen molar-refractivity contribution in [3.05, 3.63) is 134 Å². The van der Waals surface area contributed by atoms with Gasteiger partial charge in [-0.05, 0) is 80.8 Å². The first kappa shape index (κ1) is 22.5. The smallest absolute Gasteiger partial charge is 0.160 e. The minimum absolute atomic E-state index is 0.694. The lowest BCUT2D eigenvalue weighted by molar-refractivity contribution is 1.19. The molecular weight excluding hydrogens is 488 g/mol. The molecule has 0 aliphatic rings. The van der Waals surface area contributed by atoms with Crippen LogP contribution in [0, 0.1) is 0 Å². The first-order chi connectivity index (χ1) is 19.8. The van der Waals surface area contributed by atoms with Gasteiger partial charge in [-0.15, -0.1) is 0 Å². The van der Waals surface area contributed by atoms with E-state index in [4.69, 9.17) is 9.97 Å². The lowest BCUT2D eigenvalue weighted by Crippen LogP contribution is -1.96. The molecule has 8 aromatic rings. The van der Waals surface area contributed by atoms with Crippen LogP contribution in [0.4, 0.5) is 0 Å². The molecule has 0 saturated heterocycles. The van der Waals surface area contributed by atoms with Crippen molar-refractivity contribution in [1.82, 2.24) is 19.9 Å². The van der Waals surface area contributed by atoms with Crippen molar-refractivity contribution in [3.63, 3.8) is 0 Å². The summed E-state index contributed by atoms with van der Waals surface area (Å²) < 4.78 is 0.